The number of aryl methyl sites for hydroxylation is 1. The van der Waals surface area contributed by atoms with E-state index in [1.165, 1.54) is 14.1 Å². The molecular formula is C8H15N3O2S2. The summed E-state index contributed by atoms with van der Waals surface area (Å²) in [5.41, 5.74) is 0.977. The van der Waals surface area contributed by atoms with Gasteiger partial charge < -0.3 is 0 Å². The first-order valence-electron chi connectivity index (χ1n) is 4.50. The first kappa shape index (κ1) is 12.6. The highest BCUT2D eigenvalue weighted by Gasteiger charge is 2.11. The summed E-state index contributed by atoms with van der Waals surface area (Å²) in [6.45, 7) is 2.30. The van der Waals surface area contributed by atoms with Crippen molar-refractivity contribution >= 4 is 21.5 Å². The number of aromatic nitrogens is 1. The summed E-state index contributed by atoms with van der Waals surface area (Å²) in [6.07, 6.45) is 0.631. The Kier molecular flexibility index (Phi) is 4.21. The van der Waals surface area contributed by atoms with Gasteiger partial charge in [-0.3, -0.25) is 0 Å². The van der Waals surface area contributed by atoms with Crippen molar-refractivity contribution in [1.82, 2.24) is 14.0 Å². The largest absolute Gasteiger partial charge is 0.278 e. The molecule has 0 amide bonds. The smallest absolute Gasteiger partial charge is 0.247 e. The van der Waals surface area contributed by atoms with Crippen LogP contribution in [0.3, 0.4) is 0 Å². The summed E-state index contributed by atoms with van der Waals surface area (Å²) in [4.78, 5) is 4.25. The van der Waals surface area contributed by atoms with Gasteiger partial charge in [0.1, 0.15) is 0 Å². The van der Waals surface area contributed by atoms with Gasteiger partial charge in [0.15, 0.2) is 0 Å². The summed E-state index contributed by atoms with van der Waals surface area (Å²) in [5, 5.41) is 2.91. The molecule has 0 spiro atoms. The SMILES string of the molecule is Cc1csc(CCNS(=O)(=O)N(C)C)n1. The fourth-order valence-corrected chi connectivity index (χ4v) is 2.33. The van der Waals surface area contributed by atoms with E-state index in [4.69, 9.17) is 0 Å². The zero-order valence-electron chi connectivity index (χ0n) is 9.02. The van der Waals surface area contributed by atoms with Crippen molar-refractivity contribution in [2.45, 2.75) is 13.3 Å². The predicted octanol–water partition coefficient (Wildman–Crippen LogP) is 0.390. The van der Waals surface area contributed by atoms with E-state index in [0.717, 1.165) is 15.0 Å². The zero-order chi connectivity index (χ0) is 11.5. The molecule has 0 saturated heterocycles. The van der Waals surface area contributed by atoms with E-state index in [1.807, 2.05) is 12.3 Å². The molecule has 0 aliphatic heterocycles. The molecule has 86 valence electrons. The Morgan fingerprint density at radius 1 is 1.53 bits per heavy atom. The van der Waals surface area contributed by atoms with Gasteiger partial charge in [-0.05, 0) is 6.92 Å². The molecule has 0 fully saturated rings. The van der Waals surface area contributed by atoms with E-state index in [-0.39, 0.29) is 0 Å². The molecule has 5 nitrogen and oxygen atoms in total. The quantitative estimate of drug-likeness (QED) is 0.821. The molecule has 7 heteroatoms. The minimum Gasteiger partial charge on any atom is -0.247 e. The second-order valence-electron chi connectivity index (χ2n) is 3.31. The van der Waals surface area contributed by atoms with Crippen molar-refractivity contribution in [2.24, 2.45) is 0 Å². The molecule has 0 aliphatic rings. The van der Waals surface area contributed by atoms with Crippen molar-refractivity contribution in [3.8, 4) is 0 Å². The van der Waals surface area contributed by atoms with Crippen LogP contribution in [-0.2, 0) is 16.6 Å². The first-order chi connectivity index (χ1) is 6.92. The third-order valence-electron chi connectivity index (χ3n) is 1.77. The maximum atomic E-state index is 11.3. The molecule has 1 rings (SSSR count). The van der Waals surface area contributed by atoms with Crippen molar-refractivity contribution in [2.75, 3.05) is 20.6 Å². The molecule has 15 heavy (non-hydrogen) atoms. The molecule has 1 aromatic rings. The van der Waals surface area contributed by atoms with Gasteiger partial charge in [-0.15, -0.1) is 11.3 Å². The maximum absolute atomic E-state index is 11.3. The van der Waals surface area contributed by atoms with Crippen LogP contribution in [0.5, 0.6) is 0 Å². The zero-order valence-corrected chi connectivity index (χ0v) is 10.7. The van der Waals surface area contributed by atoms with Crippen LogP contribution < -0.4 is 4.72 Å². The molecule has 0 atom stereocenters. The first-order valence-corrected chi connectivity index (χ1v) is 6.82. The summed E-state index contributed by atoms with van der Waals surface area (Å²) < 4.78 is 26.3. The molecule has 0 aromatic carbocycles. The van der Waals surface area contributed by atoms with Crippen LogP contribution in [0.25, 0.3) is 0 Å². The Balaban J connectivity index is 2.40. The van der Waals surface area contributed by atoms with Gasteiger partial charge in [-0.25, -0.2) is 9.71 Å². The monoisotopic (exact) mass is 249 g/mol. The van der Waals surface area contributed by atoms with Gasteiger partial charge in [-0.2, -0.15) is 12.7 Å². The number of nitrogens with one attached hydrogen (secondary N) is 1. The van der Waals surface area contributed by atoms with E-state index in [9.17, 15) is 8.42 Å². The van der Waals surface area contributed by atoms with E-state index < -0.39 is 10.2 Å². The Hall–Kier alpha value is -0.500. The molecule has 1 aromatic heterocycles. The van der Waals surface area contributed by atoms with Gasteiger partial charge in [-0.1, -0.05) is 0 Å². The van der Waals surface area contributed by atoms with Crippen molar-refractivity contribution < 1.29 is 8.42 Å². The fraction of sp³-hybridized carbons (Fsp3) is 0.625. The van der Waals surface area contributed by atoms with Crippen LogP contribution in [0.15, 0.2) is 5.38 Å². The summed E-state index contributed by atoms with van der Waals surface area (Å²) in [7, 11) is -0.310. The topological polar surface area (TPSA) is 62.3 Å². The molecule has 0 unspecified atom stereocenters. The molecule has 1 heterocycles. The number of rotatable bonds is 5. The van der Waals surface area contributed by atoms with Crippen LogP contribution in [0.1, 0.15) is 10.7 Å². The number of thiazole rings is 1. The molecule has 0 aliphatic carbocycles. The van der Waals surface area contributed by atoms with Crippen molar-refractivity contribution in [3.63, 3.8) is 0 Å². The molecule has 1 N–H and O–H groups in total. The summed E-state index contributed by atoms with van der Waals surface area (Å²) >= 11 is 1.55. The highest BCUT2D eigenvalue weighted by Crippen LogP contribution is 2.08. The normalized spacial score (nSPS) is 12.3. The lowest BCUT2D eigenvalue weighted by atomic mass is 10.4. The highest BCUT2D eigenvalue weighted by atomic mass is 32.2. The standard InChI is InChI=1S/C8H15N3O2S2/c1-7-6-14-8(10-7)4-5-9-15(12,13)11(2)3/h6,9H,4-5H2,1-3H3. The maximum Gasteiger partial charge on any atom is 0.278 e. The van der Waals surface area contributed by atoms with E-state index in [1.54, 1.807) is 11.3 Å². The highest BCUT2D eigenvalue weighted by molar-refractivity contribution is 7.87. The van der Waals surface area contributed by atoms with Crippen LogP contribution in [0, 0.1) is 6.92 Å². The lowest BCUT2D eigenvalue weighted by Crippen LogP contribution is -2.36. The van der Waals surface area contributed by atoms with E-state index >= 15 is 0 Å². The Morgan fingerprint density at radius 2 is 2.20 bits per heavy atom. The van der Waals surface area contributed by atoms with Gasteiger partial charge >= 0.3 is 0 Å². The van der Waals surface area contributed by atoms with Crippen LogP contribution >= 0.6 is 11.3 Å². The molecular weight excluding hydrogens is 234 g/mol. The van der Waals surface area contributed by atoms with Crippen LogP contribution in [0.2, 0.25) is 0 Å². The van der Waals surface area contributed by atoms with Crippen molar-refractivity contribution in [1.29, 1.82) is 0 Å². The molecule has 0 radical (unpaired) electrons. The number of nitrogens with zero attached hydrogens (tertiary/aromatic N) is 2. The molecule has 0 saturated carbocycles. The van der Waals surface area contributed by atoms with Gasteiger partial charge in [0, 0.05) is 38.1 Å². The Bertz CT molecular complexity index is 411. The Labute approximate surface area is 94.3 Å². The second-order valence-corrected chi connectivity index (χ2v) is 6.23. The van der Waals surface area contributed by atoms with Gasteiger partial charge in [0.2, 0.25) is 0 Å². The lowest BCUT2D eigenvalue weighted by Gasteiger charge is -2.11. The van der Waals surface area contributed by atoms with Crippen LogP contribution in [-0.4, -0.2) is 38.3 Å². The minimum absolute atomic E-state index is 0.382. The van der Waals surface area contributed by atoms with E-state index in [2.05, 4.69) is 9.71 Å². The lowest BCUT2D eigenvalue weighted by molar-refractivity contribution is 0.506. The third kappa shape index (κ3) is 3.86. The third-order valence-corrected chi connectivity index (χ3v) is 4.33. The minimum atomic E-state index is -3.30. The van der Waals surface area contributed by atoms with E-state index in [0.29, 0.717) is 13.0 Å². The van der Waals surface area contributed by atoms with Crippen LogP contribution in [0.4, 0.5) is 0 Å². The average Bonchev–Trinajstić information content (AvgIpc) is 2.51. The predicted molar refractivity (Wildman–Crippen MR) is 61.2 cm³/mol. The summed E-state index contributed by atoms with van der Waals surface area (Å²) in [6, 6.07) is 0. The fourth-order valence-electron chi connectivity index (χ4n) is 0.934. The average molecular weight is 249 g/mol. The van der Waals surface area contributed by atoms with Gasteiger partial charge in [0.05, 0.1) is 5.01 Å². The van der Waals surface area contributed by atoms with Gasteiger partial charge in [0.25, 0.3) is 10.2 Å². The number of hydrogen-bond donors (Lipinski definition) is 1. The summed E-state index contributed by atoms with van der Waals surface area (Å²) in [5.74, 6) is 0. The number of hydrogen-bond acceptors (Lipinski definition) is 4. The van der Waals surface area contributed by atoms with Crippen molar-refractivity contribution in [3.05, 3.63) is 16.1 Å². The Morgan fingerprint density at radius 3 is 2.67 bits per heavy atom. The second kappa shape index (κ2) is 5.02. The molecule has 0 bridgehead atoms.